The van der Waals surface area contributed by atoms with E-state index in [-0.39, 0.29) is 57.7 Å². The van der Waals surface area contributed by atoms with Crippen molar-refractivity contribution < 1.29 is 42.6 Å². The molecule has 8 aromatic rings. The van der Waals surface area contributed by atoms with Gasteiger partial charge in [0.2, 0.25) is 5.91 Å². The monoisotopic (exact) mass is 1070 g/mol. The van der Waals surface area contributed by atoms with Gasteiger partial charge in [-0.15, -0.1) is 21.5 Å². The van der Waals surface area contributed by atoms with Crippen LogP contribution in [0.2, 0.25) is 5.02 Å². The van der Waals surface area contributed by atoms with Crippen molar-refractivity contribution in [1.29, 1.82) is 0 Å². The molecule has 1 aliphatic heterocycles. The molecule has 0 aliphatic carbocycles. The number of imidazole rings is 1. The zero-order valence-corrected chi connectivity index (χ0v) is 44.5. The van der Waals surface area contributed by atoms with Crippen LogP contribution >= 0.6 is 22.9 Å². The summed E-state index contributed by atoms with van der Waals surface area (Å²) in [7, 11) is 2.91. The molecule has 0 saturated carbocycles. The zero-order valence-electron chi connectivity index (χ0n) is 43.0. The van der Waals surface area contributed by atoms with Crippen LogP contribution < -0.4 is 21.1 Å². The second-order valence-electron chi connectivity index (χ2n) is 17.8. The van der Waals surface area contributed by atoms with Gasteiger partial charge >= 0.3 is 11.7 Å². The molecule has 2 amide bonds. The van der Waals surface area contributed by atoms with E-state index in [0.717, 1.165) is 22.3 Å². The number of aryl methyl sites for hydroxylation is 3. The second-order valence-corrected chi connectivity index (χ2v) is 19.3. The number of halogens is 1. The fraction of sp³-hybridized carbons (Fsp3) is 0.358. The number of aromatic nitrogens is 8. The largest absolute Gasteiger partial charge is 0.496 e. The number of pyridine rings is 2. The zero-order chi connectivity index (χ0) is 53.6. The number of carbonyl (C=O) groups is 3. The molecule has 6 aromatic heterocycles. The lowest BCUT2D eigenvalue weighted by molar-refractivity contribution is -0.141. The molecule has 76 heavy (non-hydrogen) atoms. The summed E-state index contributed by atoms with van der Waals surface area (Å²) in [6, 6.07) is 15.3. The molecule has 2 N–H and O–H groups in total. The number of esters is 1. The summed E-state index contributed by atoms with van der Waals surface area (Å²) < 4.78 is 38.3. The molecule has 0 fully saturated rings. The summed E-state index contributed by atoms with van der Waals surface area (Å²) in [4.78, 5) is 68.8. The van der Waals surface area contributed by atoms with Crippen molar-refractivity contribution >= 4 is 68.4 Å². The van der Waals surface area contributed by atoms with Crippen molar-refractivity contribution in [1.82, 2.24) is 49.7 Å². The van der Waals surface area contributed by atoms with Gasteiger partial charge in [0, 0.05) is 46.4 Å². The van der Waals surface area contributed by atoms with E-state index >= 15 is 0 Å². The number of carbonyl (C=O) groups excluding carboxylic acids is 3. The normalized spacial score (nSPS) is 13.5. The number of amides is 2. The molecule has 1 aliphatic rings. The highest BCUT2D eigenvalue weighted by atomic mass is 35.5. The van der Waals surface area contributed by atoms with Gasteiger partial charge in [-0.1, -0.05) is 35.0 Å². The SMILES string of the molecule is COC(=O)CC1N=C(c2ccc(Cl)cc2)c2c(sc(C(=O)NCCOCCOCCOCCNC(=O)Cn3c(=O)n([C@H](C)c4ccccn4)c4c5cc(OC)c(-c6c(C)noc6C)cc5ncc43)c2C)-n2c(C)nnc21. The number of rotatable bonds is 22. The first kappa shape index (κ1) is 53.2. The van der Waals surface area contributed by atoms with Crippen LogP contribution in [-0.4, -0.2) is 129 Å². The van der Waals surface area contributed by atoms with Gasteiger partial charge in [0.1, 0.15) is 34.9 Å². The maximum atomic E-state index is 14.4. The molecular formula is C53H56ClN11O10S. The van der Waals surface area contributed by atoms with Crippen molar-refractivity contribution in [3.05, 3.63) is 133 Å². The van der Waals surface area contributed by atoms with Crippen molar-refractivity contribution in [3.63, 3.8) is 0 Å². The molecule has 0 radical (unpaired) electrons. The number of thiophene rings is 1. The standard InChI is InChI=1S/C53H56ClN11O10S/c1-29-45-47(34-11-13-35(54)14-12-34)59-40(26-44(67)71-7)50-61-60-33(5)65(50)52(45)76-49(29)51(68)57-17-19-73-21-23-74-22-20-72-18-16-56-43(66)28-63-41-27-58-39-24-37(46-30(2)62-75-32(46)4)42(70-6)25-36(39)48(41)64(53(63)69)31(3)38-10-8-9-15-55-38/h8-15,24-25,27,31,40H,16-23,26,28H2,1-7H3,(H,56,66)(H,57,68)/t31-,40?/m1/s1. The van der Waals surface area contributed by atoms with E-state index in [2.05, 4.69) is 31.0 Å². The fourth-order valence-electron chi connectivity index (χ4n) is 9.27. The van der Waals surface area contributed by atoms with Crippen LogP contribution in [0.4, 0.5) is 0 Å². The summed E-state index contributed by atoms with van der Waals surface area (Å²) in [5, 5.41) is 20.6. The van der Waals surface area contributed by atoms with Crippen LogP contribution in [0.1, 0.15) is 80.6 Å². The minimum absolute atomic E-state index is 0.0485. The molecule has 2 aromatic carbocycles. The third-order valence-corrected chi connectivity index (χ3v) is 14.5. The molecule has 0 bridgehead atoms. The summed E-state index contributed by atoms with van der Waals surface area (Å²) in [5.74, 6) is 1.13. The highest BCUT2D eigenvalue weighted by Crippen LogP contribution is 2.41. The molecule has 0 spiro atoms. The Bertz CT molecular complexity index is 3510. The number of methoxy groups -OCH3 is 2. The first-order valence-corrected chi connectivity index (χ1v) is 25.7. The lowest BCUT2D eigenvalue weighted by Crippen LogP contribution is -2.35. The van der Waals surface area contributed by atoms with Gasteiger partial charge in [0.25, 0.3) is 5.91 Å². The smallest absolute Gasteiger partial charge is 0.330 e. The van der Waals surface area contributed by atoms with Crippen LogP contribution in [0, 0.1) is 27.7 Å². The average Bonchev–Trinajstić information content (AvgIpc) is 4.15. The van der Waals surface area contributed by atoms with Gasteiger partial charge in [0.05, 0.1) is 117 Å². The van der Waals surface area contributed by atoms with Gasteiger partial charge in [0.15, 0.2) is 5.82 Å². The van der Waals surface area contributed by atoms with Crippen LogP contribution in [0.15, 0.2) is 81.3 Å². The maximum Gasteiger partial charge on any atom is 0.330 e. The molecule has 9 rings (SSSR count). The van der Waals surface area contributed by atoms with Crippen LogP contribution in [0.25, 0.3) is 38.1 Å². The van der Waals surface area contributed by atoms with Crippen LogP contribution in [-0.2, 0) is 35.1 Å². The van der Waals surface area contributed by atoms with Crippen molar-refractivity contribution in [2.75, 3.05) is 67.0 Å². The fourth-order valence-corrected chi connectivity index (χ4v) is 10.7. The summed E-state index contributed by atoms with van der Waals surface area (Å²) in [6.07, 6.45) is 3.24. The topological polar surface area (TPSA) is 243 Å². The number of fused-ring (bicyclic) bond motifs is 6. The van der Waals surface area contributed by atoms with Crippen molar-refractivity contribution in [2.24, 2.45) is 4.99 Å². The summed E-state index contributed by atoms with van der Waals surface area (Å²) in [5.41, 5.74) is 7.01. The van der Waals surface area contributed by atoms with Crippen molar-refractivity contribution in [2.45, 2.75) is 59.7 Å². The Kier molecular flexibility index (Phi) is 16.5. The van der Waals surface area contributed by atoms with Gasteiger partial charge in [-0.2, -0.15) is 0 Å². The van der Waals surface area contributed by atoms with Crippen LogP contribution in [0.5, 0.6) is 5.75 Å². The molecule has 0 saturated heterocycles. The van der Waals surface area contributed by atoms with Gasteiger partial charge in [-0.05, 0) is 76.6 Å². The number of nitrogens with zero attached hydrogens (tertiary/aromatic N) is 9. The van der Waals surface area contributed by atoms with E-state index in [1.165, 1.54) is 23.0 Å². The lowest BCUT2D eigenvalue weighted by Gasteiger charge is -2.15. The number of hydrogen-bond acceptors (Lipinski definition) is 17. The summed E-state index contributed by atoms with van der Waals surface area (Å²) >= 11 is 7.53. The molecule has 21 nitrogen and oxygen atoms in total. The van der Waals surface area contributed by atoms with Crippen molar-refractivity contribution in [3.8, 4) is 21.9 Å². The minimum atomic E-state index is -0.684. The predicted molar refractivity (Wildman–Crippen MR) is 284 cm³/mol. The first-order chi connectivity index (χ1) is 36.8. The molecule has 7 heterocycles. The average molecular weight is 1070 g/mol. The quantitative estimate of drug-likeness (QED) is 0.0537. The number of aliphatic imine (C=N–C) groups is 1. The second kappa shape index (κ2) is 23.5. The van der Waals surface area contributed by atoms with E-state index in [1.807, 2.05) is 81.7 Å². The highest BCUT2D eigenvalue weighted by molar-refractivity contribution is 7.17. The molecule has 396 valence electrons. The Balaban J connectivity index is 0.743. The first-order valence-electron chi connectivity index (χ1n) is 24.5. The highest BCUT2D eigenvalue weighted by Gasteiger charge is 2.34. The Morgan fingerprint density at radius 3 is 2.28 bits per heavy atom. The number of ether oxygens (including phenoxy) is 5. The van der Waals surface area contributed by atoms with E-state index in [4.69, 9.17) is 49.8 Å². The Morgan fingerprint density at radius 2 is 1.61 bits per heavy atom. The Hall–Kier alpha value is -7.63. The van der Waals surface area contributed by atoms with Gasteiger partial charge in [-0.25, -0.2) is 4.79 Å². The maximum absolute atomic E-state index is 14.4. The van der Waals surface area contributed by atoms with E-state index < -0.39 is 23.7 Å². The lowest BCUT2D eigenvalue weighted by atomic mass is 9.99. The van der Waals surface area contributed by atoms with Gasteiger partial charge < -0.3 is 38.8 Å². The van der Waals surface area contributed by atoms with E-state index in [1.54, 1.807) is 36.2 Å². The number of hydrogen-bond donors (Lipinski definition) is 2. The summed E-state index contributed by atoms with van der Waals surface area (Å²) in [6.45, 7) is 11.1. The van der Waals surface area contributed by atoms with Gasteiger partial charge in [-0.3, -0.25) is 43.0 Å². The van der Waals surface area contributed by atoms with E-state index in [9.17, 15) is 19.2 Å². The molecular weight excluding hydrogens is 1020 g/mol. The molecule has 2 atom stereocenters. The predicted octanol–water partition coefficient (Wildman–Crippen LogP) is 6.60. The number of nitrogens with one attached hydrogen (secondary N) is 2. The molecule has 23 heteroatoms. The minimum Gasteiger partial charge on any atom is -0.496 e. The number of benzene rings is 2. The Labute approximate surface area is 445 Å². The third kappa shape index (κ3) is 10.9. The Morgan fingerprint density at radius 1 is 0.882 bits per heavy atom. The third-order valence-electron chi connectivity index (χ3n) is 13.0. The van der Waals surface area contributed by atoms with Crippen LogP contribution in [0.3, 0.4) is 0 Å². The van der Waals surface area contributed by atoms with E-state index in [0.29, 0.717) is 102 Å². The molecule has 1 unspecified atom stereocenters.